The number of cyclic esters (lactones) is 1. The first-order valence-corrected chi connectivity index (χ1v) is 32.0. The molecule has 1 amide bonds. The van der Waals surface area contributed by atoms with Crippen molar-refractivity contribution in [3.05, 3.63) is 47.6 Å². The molecule has 25 atom stereocenters. The highest BCUT2D eigenvalue weighted by molar-refractivity contribution is 6.39. The van der Waals surface area contributed by atoms with Crippen LogP contribution in [-0.4, -0.2) is 250 Å². The van der Waals surface area contributed by atoms with Gasteiger partial charge in [-0.05, 0) is 107 Å². The molecule has 6 rings (SSSR count). The quantitative estimate of drug-likeness (QED) is 0.0642. The molecule has 5 fully saturated rings. The SMILES string of the molecule is CO[C@H]1C[C@@H]2CC[C@@H](C)[C@@](O)(O2)C(=O)C(=O)N2CCCCC2C(=O)O[C@H]([C@H](C)CC2CC[C@@H](OCCO)[C@H](OC)C2)CC(=O)[C@H](C)/C=C(\C)[C@@H](OC2O[C@@H](COC3O[C@@H](CO)[C@H](O)[C@@H](O)[C@@H]3O)[C@H](O)[C@@H](O)[C@@H]2O)[C@@H](OC)C(=O)[C@H](C)C[C@H](C)\C=C/C=C/C=C/1C. The van der Waals surface area contributed by atoms with Gasteiger partial charge in [-0.2, -0.15) is 0 Å². The molecule has 6 aliphatic rings. The molecule has 0 radical (unpaired) electrons. The third kappa shape index (κ3) is 19.0. The molecule has 0 aromatic heterocycles. The zero-order valence-electron chi connectivity index (χ0n) is 53.9. The number of rotatable bonds is 15. The largest absolute Gasteiger partial charge is 0.460 e. The van der Waals surface area contributed by atoms with E-state index in [1.165, 1.54) is 20.3 Å². The van der Waals surface area contributed by atoms with Gasteiger partial charge in [0.2, 0.25) is 5.79 Å². The standard InChI is InChI=1S/C65H103NO24/c1-34-16-12-11-13-17-35(2)46(81-8)30-42-21-19-40(7)65(80,90-42)60(77)61(78)66-23-15-14-18-43(66)62(79)86-47(37(4)28-41-20-22-45(84-25-24-67)48(29-41)82-9)31-44(69)36(3)27-39(6)58(59(83-10)51(70)38(5)26-34)89-64-57(76)55(74)53(72)50(88-64)33-85-63-56(75)54(73)52(71)49(32-68)87-63/h11-13,16-17,27,34,36-38,40-43,45-50,52-59,63-64,67-68,71-76,80H,14-15,18-26,28-33H2,1-10H3/b13-11+,16-12-,35-17+,39-27+/t34-,36-,37-,38-,40-,41?,42+,43?,45-,46+,47+,48-,49+,50+,52+,53+,54-,55-,56+,57+,58-,59+,63?,64?,65-/m1/s1. The molecule has 5 heterocycles. The van der Waals surface area contributed by atoms with Gasteiger partial charge in [0.15, 0.2) is 18.4 Å². The predicted molar refractivity (Wildman–Crippen MR) is 321 cm³/mol. The first kappa shape index (κ1) is 75.2. The second-order valence-electron chi connectivity index (χ2n) is 25.8. The zero-order valence-corrected chi connectivity index (χ0v) is 53.9. The Balaban J connectivity index is 1.37. The fourth-order valence-corrected chi connectivity index (χ4v) is 13.4. The molecule has 1 aliphatic carbocycles. The fraction of sp³-hybridized carbons (Fsp3) is 0.800. The number of aliphatic hydroxyl groups excluding tert-OH is 8. The van der Waals surface area contributed by atoms with Crippen molar-refractivity contribution in [2.24, 2.45) is 35.5 Å². The molecule has 5 aliphatic heterocycles. The number of allylic oxidation sites excluding steroid dienone is 6. The smallest absolute Gasteiger partial charge is 0.329 e. The first-order valence-electron chi connectivity index (χ1n) is 32.0. The maximum absolute atomic E-state index is 14.9. The number of hydrogen-bond donors (Lipinski definition) is 9. The molecule has 9 N–H and O–H groups in total. The molecule has 2 bridgehead atoms. The molecule has 0 aromatic rings. The second-order valence-corrected chi connectivity index (χ2v) is 25.8. The van der Waals surface area contributed by atoms with Crippen LogP contribution >= 0.6 is 0 Å². The summed E-state index contributed by atoms with van der Waals surface area (Å²) in [5.41, 5.74) is 1.04. The number of Topliss-reactive ketones (excluding diaryl/α,β-unsaturated/α-hetero) is 3. The van der Waals surface area contributed by atoms with Crippen molar-refractivity contribution in [1.29, 1.82) is 0 Å². The summed E-state index contributed by atoms with van der Waals surface area (Å²) in [4.78, 5) is 74.7. The van der Waals surface area contributed by atoms with E-state index >= 15 is 0 Å². The lowest BCUT2D eigenvalue weighted by Crippen LogP contribution is -2.62. The number of nitrogens with zero attached hydrogens (tertiary/aromatic N) is 1. The molecule has 0 spiro atoms. The molecule has 1 saturated carbocycles. The Morgan fingerprint density at radius 3 is 2.07 bits per heavy atom. The molecule has 25 heteroatoms. The number of ketones is 3. The van der Waals surface area contributed by atoms with Crippen LogP contribution in [0.15, 0.2) is 47.6 Å². The average molecular weight is 1280 g/mol. The molecule has 90 heavy (non-hydrogen) atoms. The third-order valence-corrected chi connectivity index (χ3v) is 19.1. The Kier molecular flexibility index (Phi) is 29.3. The number of ether oxygens (including phenoxy) is 10. The van der Waals surface area contributed by atoms with Crippen LogP contribution in [0, 0.1) is 35.5 Å². The lowest BCUT2D eigenvalue weighted by atomic mass is 9.78. The number of hydrogen-bond acceptors (Lipinski definition) is 24. The molecule has 512 valence electrons. The van der Waals surface area contributed by atoms with E-state index in [1.807, 2.05) is 51.2 Å². The van der Waals surface area contributed by atoms with E-state index in [2.05, 4.69) is 0 Å². The number of carbonyl (C=O) groups is 5. The van der Waals surface area contributed by atoms with Gasteiger partial charge in [0.25, 0.3) is 11.7 Å². The number of carbonyl (C=O) groups excluding carboxylic acids is 5. The van der Waals surface area contributed by atoms with E-state index in [0.717, 1.165) is 10.5 Å². The van der Waals surface area contributed by atoms with Gasteiger partial charge in [0, 0.05) is 58.5 Å². The first-order chi connectivity index (χ1) is 42.7. The van der Waals surface area contributed by atoms with E-state index in [1.54, 1.807) is 34.8 Å². The Morgan fingerprint density at radius 1 is 0.711 bits per heavy atom. The minimum absolute atomic E-state index is 0.00186. The van der Waals surface area contributed by atoms with Crippen molar-refractivity contribution < 1.29 is 117 Å². The molecule has 4 unspecified atom stereocenters. The van der Waals surface area contributed by atoms with E-state index in [0.29, 0.717) is 57.8 Å². The average Bonchev–Trinajstić information content (AvgIpc) is 0.822. The minimum Gasteiger partial charge on any atom is -0.460 e. The number of fused-ring (bicyclic) bond motifs is 3. The van der Waals surface area contributed by atoms with E-state index < -0.39 is 170 Å². The highest BCUT2D eigenvalue weighted by atomic mass is 16.7. The topological polar surface area (TPSA) is 363 Å². The van der Waals surface area contributed by atoms with Crippen LogP contribution in [0.3, 0.4) is 0 Å². The van der Waals surface area contributed by atoms with Gasteiger partial charge >= 0.3 is 5.97 Å². The molecular formula is C65H103NO24. The van der Waals surface area contributed by atoms with Gasteiger partial charge in [-0.3, -0.25) is 19.2 Å². The summed E-state index contributed by atoms with van der Waals surface area (Å²) in [5.74, 6) is -9.66. The summed E-state index contributed by atoms with van der Waals surface area (Å²) in [5, 5.41) is 96.6. The van der Waals surface area contributed by atoms with Crippen LogP contribution in [0.1, 0.15) is 126 Å². The molecule has 25 nitrogen and oxygen atoms in total. The van der Waals surface area contributed by atoms with Crippen LogP contribution in [0.4, 0.5) is 0 Å². The van der Waals surface area contributed by atoms with Gasteiger partial charge in [-0.15, -0.1) is 0 Å². The summed E-state index contributed by atoms with van der Waals surface area (Å²) in [6.45, 7) is 10.7. The third-order valence-electron chi connectivity index (χ3n) is 19.1. The lowest BCUT2D eigenvalue weighted by Gasteiger charge is -2.43. The van der Waals surface area contributed by atoms with Crippen LogP contribution in [0.5, 0.6) is 0 Å². The van der Waals surface area contributed by atoms with Crippen molar-refractivity contribution in [1.82, 2.24) is 4.90 Å². The number of esters is 1. The van der Waals surface area contributed by atoms with Crippen LogP contribution < -0.4 is 0 Å². The Hall–Kier alpha value is -3.81. The van der Waals surface area contributed by atoms with Crippen molar-refractivity contribution in [3.63, 3.8) is 0 Å². The normalized spacial score (nSPS) is 42.9. The number of methoxy groups -OCH3 is 3. The molecule has 4 saturated heterocycles. The number of amides is 1. The van der Waals surface area contributed by atoms with Crippen molar-refractivity contribution in [2.45, 2.75) is 241 Å². The summed E-state index contributed by atoms with van der Waals surface area (Å²) < 4.78 is 59.8. The highest BCUT2D eigenvalue weighted by Crippen LogP contribution is 2.39. The van der Waals surface area contributed by atoms with Crippen LogP contribution in [0.2, 0.25) is 0 Å². The van der Waals surface area contributed by atoms with Gasteiger partial charge in [-0.1, -0.05) is 71.1 Å². The predicted octanol–water partition coefficient (Wildman–Crippen LogP) is 1.85. The van der Waals surface area contributed by atoms with E-state index in [9.17, 15) is 69.9 Å². The lowest BCUT2D eigenvalue weighted by molar-refractivity contribution is -0.336. The van der Waals surface area contributed by atoms with Gasteiger partial charge < -0.3 is 98.2 Å². The van der Waals surface area contributed by atoms with Crippen molar-refractivity contribution in [3.8, 4) is 0 Å². The van der Waals surface area contributed by atoms with Crippen molar-refractivity contribution in [2.75, 3.05) is 54.3 Å². The summed E-state index contributed by atoms with van der Waals surface area (Å²) in [6.07, 6.45) is -8.03. The van der Waals surface area contributed by atoms with E-state index in [-0.39, 0.29) is 68.6 Å². The van der Waals surface area contributed by atoms with Crippen LogP contribution in [-0.2, 0) is 71.3 Å². The summed E-state index contributed by atoms with van der Waals surface area (Å²) in [6, 6.07) is -1.26. The van der Waals surface area contributed by atoms with Crippen LogP contribution in [0.25, 0.3) is 0 Å². The van der Waals surface area contributed by atoms with Gasteiger partial charge in [0.1, 0.15) is 79.0 Å². The fourth-order valence-electron chi connectivity index (χ4n) is 13.4. The van der Waals surface area contributed by atoms with Gasteiger partial charge in [-0.25, -0.2) is 4.79 Å². The Morgan fingerprint density at radius 2 is 1.40 bits per heavy atom. The zero-order chi connectivity index (χ0) is 66.3. The Bertz CT molecular complexity index is 2450. The summed E-state index contributed by atoms with van der Waals surface area (Å²) in [7, 11) is 4.41. The monoisotopic (exact) mass is 1280 g/mol. The molecular weight excluding hydrogens is 1180 g/mol. The van der Waals surface area contributed by atoms with Gasteiger partial charge in [0.05, 0.1) is 50.8 Å². The Labute approximate surface area is 528 Å². The number of piperidine rings is 1. The second kappa shape index (κ2) is 35.1. The summed E-state index contributed by atoms with van der Waals surface area (Å²) >= 11 is 0. The maximum Gasteiger partial charge on any atom is 0.329 e. The molecule has 0 aromatic carbocycles. The van der Waals surface area contributed by atoms with Crippen molar-refractivity contribution >= 4 is 29.2 Å². The minimum atomic E-state index is -2.52. The van der Waals surface area contributed by atoms with E-state index in [4.69, 9.17) is 47.4 Å². The highest BCUT2D eigenvalue weighted by Gasteiger charge is 2.54. The maximum atomic E-state index is 14.9. The number of aliphatic hydroxyl groups is 9.